The molecule has 0 radical (unpaired) electrons. The van der Waals surface area contributed by atoms with Gasteiger partial charge in [0.1, 0.15) is 17.3 Å². The minimum absolute atomic E-state index is 0.318. The lowest BCUT2D eigenvalue weighted by Crippen LogP contribution is -2.43. The van der Waals surface area contributed by atoms with Crippen molar-refractivity contribution >= 4 is 17.9 Å². The van der Waals surface area contributed by atoms with Crippen LogP contribution < -0.4 is 20.3 Å². The number of carbonyl (C=O) groups is 2. The first-order valence-corrected chi connectivity index (χ1v) is 7.78. The minimum Gasteiger partial charge on any atom is -0.496 e. The standard InChI is InChI=1S/C19H19FN2O4/c1-13-3-9-17(25-2)14(11-13)4-10-18(23)21-22-19(24)12-26-16-7-5-15(20)6-8-16/h3-11H,12H2,1-2H3,(H,21,23)(H,22,24)/b10-4+. The number of methoxy groups -OCH3 is 1. The lowest BCUT2D eigenvalue weighted by atomic mass is 10.1. The van der Waals surface area contributed by atoms with Crippen molar-refractivity contribution in [3.63, 3.8) is 0 Å². The summed E-state index contributed by atoms with van der Waals surface area (Å²) < 4.78 is 23.1. The highest BCUT2D eigenvalue weighted by Crippen LogP contribution is 2.20. The maximum Gasteiger partial charge on any atom is 0.276 e. The van der Waals surface area contributed by atoms with Crippen LogP contribution in [0.4, 0.5) is 4.39 Å². The topological polar surface area (TPSA) is 76.7 Å². The molecule has 2 rings (SSSR count). The Kier molecular flexibility index (Phi) is 6.73. The van der Waals surface area contributed by atoms with E-state index in [4.69, 9.17) is 9.47 Å². The highest BCUT2D eigenvalue weighted by molar-refractivity contribution is 5.93. The van der Waals surface area contributed by atoms with Crippen molar-refractivity contribution in [1.82, 2.24) is 10.9 Å². The molecule has 0 saturated carbocycles. The smallest absolute Gasteiger partial charge is 0.276 e. The van der Waals surface area contributed by atoms with E-state index in [2.05, 4.69) is 10.9 Å². The van der Waals surface area contributed by atoms with Gasteiger partial charge in [-0.1, -0.05) is 11.6 Å². The molecule has 2 N–H and O–H groups in total. The molecule has 0 atom stereocenters. The van der Waals surface area contributed by atoms with Gasteiger partial charge >= 0.3 is 0 Å². The van der Waals surface area contributed by atoms with Gasteiger partial charge in [0.05, 0.1) is 7.11 Å². The van der Waals surface area contributed by atoms with E-state index in [0.717, 1.165) is 11.1 Å². The number of ether oxygens (including phenoxy) is 2. The van der Waals surface area contributed by atoms with E-state index in [1.807, 2.05) is 25.1 Å². The van der Waals surface area contributed by atoms with E-state index >= 15 is 0 Å². The van der Waals surface area contributed by atoms with E-state index in [1.165, 1.54) is 30.3 Å². The monoisotopic (exact) mass is 358 g/mol. The number of rotatable bonds is 6. The Morgan fingerprint density at radius 2 is 1.85 bits per heavy atom. The SMILES string of the molecule is COc1ccc(C)cc1/C=C/C(=O)NNC(=O)COc1ccc(F)cc1. The summed E-state index contributed by atoms with van der Waals surface area (Å²) in [5.74, 6) is -0.477. The number of carbonyl (C=O) groups excluding carboxylic acids is 2. The lowest BCUT2D eigenvalue weighted by molar-refractivity contribution is -0.128. The van der Waals surface area contributed by atoms with Crippen LogP contribution in [0.3, 0.4) is 0 Å². The molecule has 0 spiro atoms. The number of hydrogen-bond donors (Lipinski definition) is 2. The summed E-state index contributed by atoms with van der Waals surface area (Å²) in [6, 6.07) is 10.8. The van der Waals surface area contributed by atoms with Crippen molar-refractivity contribution < 1.29 is 23.5 Å². The molecule has 0 aliphatic carbocycles. The van der Waals surface area contributed by atoms with Crippen molar-refractivity contribution in [3.8, 4) is 11.5 Å². The first-order valence-electron chi connectivity index (χ1n) is 7.78. The van der Waals surface area contributed by atoms with Crippen LogP contribution in [0.1, 0.15) is 11.1 Å². The number of nitrogens with one attached hydrogen (secondary N) is 2. The van der Waals surface area contributed by atoms with Gasteiger partial charge in [0.25, 0.3) is 11.8 Å². The largest absolute Gasteiger partial charge is 0.496 e. The Balaban J connectivity index is 1.80. The average Bonchev–Trinajstić information content (AvgIpc) is 2.64. The molecular weight excluding hydrogens is 339 g/mol. The maximum absolute atomic E-state index is 12.8. The molecule has 6 nitrogen and oxygen atoms in total. The van der Waals surface area contributed by atoms with Gasteiger partial charge in [0.2, 0.25) is 0 Å². The highest BCUT2D eigenvalue weighted by atomic mass is 19.1. The van der Waals surface area contributed by atoms with E-state index in [1.54, 1.807) is 13.2 Å². The van der Waals surface area contributed by atoms with Crippen molar-refractivity contribution in [1.29, 1.82) is 0 Å². The zero-order valence-electron chi connectivity index (χ0n) is 14.4. The number of halogens is 1. The summed E-state index contributed by atoms with van der Waals surface area (Å²) in [5.41, 5.74) is 6.23. The Bertz CT molecular complexity index is 804. The summed E-state index contributed by atoms with van der Waals surface area (Å²) in [7, 11) is 1.55. The zero-order chi connectivity index (χ0) is 18.9. The highest BCUT2D eigenvalue weighted by Gasteiger charge is 2.05. The van der Waals surface area contributed by atoms with Crippen molar-refractivity contribution in [3.05, 3.63) is 65.5 Å². The van der Waals surface area contributed by atoms with E-state index in [9.17, 15) is 14.0 Å². The van der Waals surface area contributed by atoms with Crippen LogP contribution in [-0.4, -0.2) is 25.5 Å². The number of amides is 2. The van der Waals surface area contributed by atoms with Gasteiger partial charge in [-0.15, -0.1) is 0 Å². The van der Waals surface area contributed by atoms with Crippen molar-refractivity contribution in [2.75, 3.05) is 13.7 Å². The molecule has 0 unspecified atom stereocenters. The summed E-state index contributed by atoms with van der Waals surface area (Å²) in [5, 5.41) is 0. The van der Waals surface area contributed by atoms with E-state index in [-0.39, 0.29) is 6.61 Å². The van der Waals surface area contributed by atoms with Crippen LogP contribution in [0.25, 0.3) is 6.08 Å². The van der Waals surface area contributed by atoms with Crippen LogP contribution in [0.2, 0.25) is 0 Å². The quantitative estimate of drug-likeness (QED) is 0.614. The second kappa shape index (κ2) is 9.22. The molecule has 0 aliphatic heterocycles. The van der Waals surface area contributed by atoms with Gasteiger partial charge in [-0.25, -0.2) is 4.39 Å². The summed E-state index contributed by atoms with van der Waals surface area (Å²) in [6.07, 6.45) is 2.86. The number of benzene rings is 2. The maximum atomic E-state index is 12.8. The summed E-state index contributed by atoms with van der Waals surface area (Å²) >= 11 is 0. The third kappa shape index (κ3) is 5.94. The molecule has 26 heavy (non-hydrogen) atoms. The molecule has 136 valence electrons. The summed E-state index contributed by atoms with van der Waals surface area (Å²) in [6.45, 7) is 1.61. The predicted molar refractivity (Wildman–Crippen MR) is 94.9 cm³/mol. The Labute approximate surface area is 150 Å². The van der Waals surface area contributed by atoms with Crippen LogP contribution in [0, 0.1) is 12.7 Å². The molecule has 7 heteroatoms. The van der Waals surface area contributed by atoms with Crippen LogP contribution in [0.15, 0.2) is 48.5 Å². The second-order valence-electron chi connectivity index (χ2n) is 5.36. The van der Waals surface area contributed by atoms with Crippen LogP contribution in [-0.2, 0) is 9.59 Å². The number of hydrogen-bond acceptors (Lipinski definition) is 4. The zero-order valence-corrected chi connectivity index (χ0v) is 14.4. The van der Waals surface area contributed by atoms with Gasteiger partial charge in [0.15, 0.2) is 6.61 Å². The van der Waals surface area contributed by atoms with E-state index < -0.39 is 17.6 Å². The van der Waals surface area contributed by atoms with Crippen LogP contribution in [0.5, 0.6) is 11.5 Å². The number of hydrazine groups is 1. The molecule has 0 heterocycles. The lowest BCUT2D eigenvalue weighted by Gasteiger charge is -2.08. The molecule has 2 aromatic rings. The third-order valence-electron chi connectivity index (χ3n) is 3.31. The van der Waals surface area contributed by atoms with Gasteiger partial charge < -0.3 is 9.47 Å². The fourth-order valence-corrected chi connectivity index (χ4v) is 2.04. The van der Waals surface area contributed by atoms with Gasteiger partial charge in [0, 0.05) is 11.6 Å². The molecule has 0 fully saturated rings. The molecule has 0 aliphatic rings. The molecule has 2 aromatic carbocycles. The van der Waals surface area contributed by atoms with Crippen LogP contribution >= 0.6 is 0 Å². The average molecular weight is 358 g/mol. The fraction of sp³-hybridized carbons (Fsp3) is 0.158. The normalized spacial score (nSPS) is 10.4. The summed E-state index contributed by atoms with van der Waals surface area (Å²) in [4.78, 5) is 23.4. The molecule has 0 aromatic heterocycles. The van der Waals surface area contributed by atoms with Gasteiger partial charge in [-0.2, -0.15) is 0 Å². The Morgan fingerprint density at radius 1 is 1.12 bits per heavy atom. The first kappa shape index (κ1) is 19.0. The first-order chi connectivity index (χ1) is 12.5. The Morgan fingerprint density at radius 3 is 2.54 bits per heavy atom. The molecule has 2 amide bonds. The van der Waals surface area contributed by atoms with Gasteiger partial charge in [-0.3, -0.25) is 20.4 Å². The second-order valence-corrected chi connectivity index (χ2v) is 5.36. The van der Waals surface area contributed by atoms with Gasteiger partial charge in [-0.05, 0) is 49.4 Å². The molecule has 0 saturated heterocycles. The molecule has 0 bridgehead atoms. The number of aryl methyl sites for hydroxylation is 1. The Hall–Kier alpha value is -3.35. The predicted octanol–water partition coefficient (Wildman–Crippen LogP) is 2.38. The van der Waals surface area contributed by atoms with Crippen molar-refractivity contribution in [2.24, 2.45) is 0 Å². The third-order valence-corrected chi connectivity index (χ3v) is 3.31. The fourth-order valence-electron chi connectivity index (χ4n) is 2.04. The minimum atomic E-state index is -0.552. The van der Waals surface area contributed by atoms with E-state index in [0.29, 0.717) is 11.5 Å². The van der Waals surface area contributed by atoms with Crippen molar-refractivity contribution in [2.45, 2.75) is 6.92 Å². The molecular formula is C19H19FN2O4.